The largest absolute Gasteiger partial charge is 0.383 e. The van der Waals surface area contributed by atoms with Gasteiger partial charge in [-0.25, -0.2) is 0 Å². The van der Waals surface area contributed by atoms with Gasteiger partial charge in [-0.3, -0.25) is 14.7 Å². The Morgan fingerprint density at radius 3 is 2.03 bits per heavy atom. The van der Waals surface area contributed by atoms with E-state index in [4.69, 9.17) is 0 Å². The Balaban J connectivity index is 1.39. The summed E-state index contributed by atoms with van der Waals surface area (Å²) in [5.41, 5.74) is 1.91. The zero-order chi connectivity index (χ0) is 20.8. The second-order valence-electron chi connectivity index (χ2n) is 7.84. The standard InChI is InChI=1S/C25H27N3O2/c29-23(19-28-17-14-25(30,15-18-28)22-13-7-8-16-26-22)27-24(20-9-3-1-4-10-20)21-11-5-2-6-12-21/h1-13,16,24,30H,14-15,17-19H2,(H,27,29). The summed E-state index contributed by atoms with van der Waals surface area (Å²) in [6.07, 6.45) is 2.84. The molecule has 154 valence electrons. The van der Waals surface area contributed by atoms with Gasteiger partial charge in [-0.2, -0.15) is 0 Å². The van der Waals surface area contributed by atoms with Crippen LogP contribution in [0.25, 0.3) is 0 Å². The van der Waals surface area contributed by atoms with E-state index >= 15 is 0 Å². The smallest absolute Gasteiger partial charge is 0.234 e. The summed E-state index contributed by atoms with van der Waals surface area (Å²) in [7, 11) is 0. The molecule has 0 unspecified atom stereocenters. The third-order valence-corrected chi connectivity index (χ3v) is 5.76. The first kappa shape index (κ1) is 20.3. The minimum atomic E-state index is -0.912. The van der Waals surface area contributed by atoms with Crippen molar-refractivity contribution in [2.45, 2.75) is 24.5 Å². The van der Waals surface area contributed by atoms with Gasteiger partial charge in [-0.15, -0.1) is 0 Å². The average Bonchev–Trinajstić information content (AvgIpc) is 2.81. The molecule has 1 aliphatic heterocycles. The summed E-state index contributed by atoms with van der Waals surface area (Å²) in [5.74, 6) is -0.0176. The summed E-state index contributed by atoms with van der Waals surface area (Å²) < 4.78 is 0. The fraction of sp³-hybridized carbons (Fsp3) is 0.280. The summed E-state index contributed by atoms with van der Waals surface area (Å²) in [4.78, 5) is 19.3. The molecule has 1 aromatic heterocycles. The van der Waals surface area contributed by atoms with Gasteiger partial charge in [0.25, 0.3) is 0 Å². The Kier molecular flexibility index (Phi) is 6.21. The molecule has 0 atom stereocenters. The summed E-state index contributed by atoms with van der Waals surface area (Å²) in [6, 6.07) is 25.5. The van der Waals surface area contributed by atoms with E-state index in [2.05, 4.69) is 15.2 Å². The number of carbonyl (C=O) groups is 1. The second-order valence-corrected chi connectivity index (χ2v) is 7.84. The van der Waals surface area contributed by atoms with Gasteiger partial charge in [-0.05, 0) is 36.1 Å². The van der Waals surface area contributed by atoms with Crippen molar-refractivity contribution in [2.24, 2.45) is 0 Å². The highest BCUT2D eigenvalue weighted by atomic mass is 16.3. The SMILES string of the molecule is O=C(CN1CCC(O)(c2ccccn2)CC1)NC(c1ccccc1)c1ccccc1. The molecule has 30 heavy (non-hydrogen) atoms. The quantitative estimate of drug-likeness (QED) is 0.665. The number of hydrogen-bond acceptors (Lipinski definition) is 4. The van der Waals surface area contributed by atoms with Gasteiger partial charge in [0.15, 0.2) is 0 Å². The minimum Gasteiger partial charge on any atom is -0.383 e. The first-order valence-electron chi connectivity index (χ1n) is 10.4. The highest BCUT2D eigenvalue weighted by Gasteiger charge is 2.35. The van der Waals surface area contributed by atoms with Crippen molar-refractivity contribution in [3.05, 3.63) is 102 Å². The van der Waals surface area contributed by atoms with Gasteiger partial charge in [0.05, 0.1) is 18.3 Å². The zero-order valence-electron chi connectivity index (χ0n) is 16.9. The van der Waals surface area contributed by atoms with E-state index in [0.717, 1.165) is 11.1 Å². The van der Waals surface area contributed by atoms with Crippen LogP contribution < -0.4 is 5.32 Å². The first-order chi connectivity index (χ1) is 14.6. The second kappa shape index (κ2) is 9.20. The molecule has 4 rings (SSSR count). The molecule has 2 heterocycles. The van der Waals surface area contributed by atoms with Gasteiger partial charge < -0.3 is 10.4 Å². The van der Waals surface area contributed by atoms with Crippen molar-refractivity contribution in [1.82, 2.24) is 15.2 Å². The Labute approximate surface area is 177 Å². The molecule has 1 saturated heterocycles. The summed E-state index contributed by atoms with van der Waals surface area (Å²) in [5, 5.41) is 14.1. The molecule has 1 aliphatic rings. The lowest BCUT2D eigenvalue weighted by Crippen LogP contribution is -2.47. The van der Waals surface area contributed by atoms with Gasteiger partial charge >= 0.3 is 0 Å². The molecule has 0 aliphatic carbocycles. The number of hydrogen-bond donors (Lipinski definition) is 2. The number of piperidine rings is 1. The fourth-order valence-corrected chi connectivity index (χ4v) is 4.04. The van der Waals surface area contributed by atoms with Crippen LogP contribution in [0.15, 0.2) is 85.1 Å². The average molecular weight is 402 g/mol. The summed E-state index contributed by atoms with van der Waals surface area (Å²) in [6.45, 7) is 1.62. The molecule has 0 radical (unpaired) electrons. The highest BCUT2D eigenvalue weighted by Crippen LogP contribution is 2.31. The van der Waals surface area contributed by atoms with Gasteiger partial charge in [0.2, 0.25) is 5.91 Å². The molecule has 5 nitrogen and oxygen atoms in total. The van der Waals surface area contributed by atoms with Crippen LogP contribution >= 0.6 is 0 Å². The van der Waals surface area contributed by atoms with E-state index in [1.54, 1.807) is 6.20 Å². The monoisotopic (exact) mass is 401 g/mol. The molecule has 3 aromatic rings. The zero-order valence-corrected chi connectivity index (χ0v) is 16.9. The van der Waals surface area contributed by atoms with Crippen molar-refractivity contribution < 1.29 is 9.90 Å². The van der Waals surface area contributed by atoms with Crippen LogP contribution in [0.5, 0.6) is 0 Å². The number of rotatable bonds is 6. The maximum absolute atomic E-state index is 12.9. The molecule has 1 fully saturated rings. The third kappa shape index (κ3) is 4.75. The fourth-order valence-electron chi connectivity index (χ4n) is 4.04. The van der Waals surface area contributed by atoms with E-state index in [0.29, 0.717) is 38.2 Å². The van der Waals surface area contributed by atoms with E-state index in [1.165, 1.54) is 0 Å². The Hall–Kier alpha value is -3.02. The van der Waals surface area contributed by atoms with Crippen molar-refractivity contribution in [1.29, 1.82) is 0 Å². The molecule has 5 heteroatoms. The first-order valence-corrected chi connectivity index (χ1v) is 10.4. The Morgan fingerprint density at radius 2 is 1.50 bits per heavy atom. The van der Waals surface area contributed by atoms with E-state index < -0.39 is 5.60 Å². The molecule has 0 saturated carbocycles. The van der Waals surface area contributed by atoms with Crippen LogP contribution in [0.2, 0.25) is 0 Å². The van der Waals surface area contributed by atoms with Gasteiger partial charge in [0.1, 0.15) is 5.60 Å². The number of pyridine rings is 1. The molecule has 2 N–H and O–H groups in total. The number of likely N-dealkylation sites (tertiary alicyclic amines) is 1. The third-order valence-electron chi connectivity index (χ3n) is 5.76. The number of aromatic nitrogens is 1. The number of aliphatic hydroxyl groups is 1. The predicted octanol–water partition coefficient (Wildman–Crippen LogP) is 3.27. The topological polar surface area (TPSA) is 65.5 Å². The van der Waals surface area contributed by atoms with Crippen LogP contribution in [-0.4, -0.2) is 40.5 Å². The van der Waals surface area contributed by atoms with Crippen molar-refractivity contribution >= 4 is 5.91 Å². The van der Waals surface area contributed by atoms with Crippen LogP contribution in [0.3, 0.4) is 0 Å². The lowest BCUT2D eigenvalue weighted by atomic mass is 9.88. The van der Waals surface area contributed by atoms with E-state index in [9.17, 15) is 9.90 Å². The number of nitrogens with one attached hydrogen (secondary N) is 1. The van der Waals surface area contributed by atoms with Crippen LogP contribution in [0.1, 0.15) is 35.7 Å². The predicted molar refractivity (Wildman–Crippen MR) is 117 cm³/mol. The minimum absolute atomic E-state index is 0.0176. The van der Waals surface area contributed by atoms with Crippen molar-refractivity contribution in [2.75, 3.05) is 19.6 Å². The number of amides is 1. The highest BCUT2D eigenvalue weighted by molar-refractivity contribution is 5.79. The molecule has 0 bridgehead atoms. The normalized spacial score (nSPS) is 16.3. The van der Waals surface area contributed by atoms with E-state index in [1.807, 2.05) is 78.9 Å². The van der Waals surface area contributed by atoms with Crippen LogP contribution in [-0.2, 0) is 10.4 Å². The molecular weight excluding hydrogens is 374 g/mol. The number of nitrogens with zero attached hydrogens (tertiary/aromatic N) is 2. The van der Waals surface area contributed by atoms with Gasteiger partial charge in [0, 0.05) is 19.3 Å². The summed E-state index contributed by atoms with van der Waals surface area (Å²) >= 11 is 0. The molecule has 1 amide bonds. The number of benzene rings is 2. The molecular formula is C25H27N3O2. The Bertz CT molecular complexity index is 900. The van der Waals surface area contributed by atoms with Crippen LogP contribution in [0, 0.1) is 0 Å². The lowest BCUT2D eigenvalue weighted by molar-refractivity contribution is -0.124. The van der Waals surface area contributed by atoms with Crippen LogP contribution in [0.4, 0.5) is 0 Å². The Morgan fingerprint density at radius 1 is 0.933 bits per heavy atom. The molecule has 2 aromatic carbocycles. The molecule has 0 spiro atoms. The maximum Gasteiger partial charge on any atom is 0.234 e. The van der Waals surface area contributed by atoms with E-state index in [-0.39, 0.29) is 11.9 Å². The number of carbonyl (C=O) groups excluding carboxylic acids is 1. The van der Waals surface area contributed by atoms with Crippen molar-refractivity contribution in [3.63, 3.8) is 0 Å². The van der Waals surface area contributed by atoms with Crippen molar-refractivity contribution in [3.8, 4) is 0 Å². The van der Waals surface area contributed by atoms with Gasteiger partial charge in [-0.1, -0.05) is 66.7 Å². The maximum atomic E-state index is 12.9. The lowest BCUT2D eigenvalue weighted by Gasteiger charge is -2.37.